The Bertz CT molecular complexity index is 1360. The van der Waals surface area contributed by atoms with Crippen LogP contribution < -0.4 is 11.1 Å². The second-order valence-electron chi connectivity index (χ2n) is 9.12. The number of primary amides is 1. The van der Waals surface area contributed by atoms with Gasteiger partial charge in [0.1, 0.15) is 17.1 Å². The van der Waals surface area contributed by atoms with Crippen LogP contribution in [-0.4, -0.2) is 52.3 Å². The molecule has 1 atom stereocenters. The van der Waals surface area contributed by atoms with Gasteiger partial charge in [-0.2, -0.15) is 5.10 Å². The Labute approximate surface area is 192 Å². The van der Waals surface area contributed by atoms with E-state index in [1.165, 1.54) is 0 Å². The van der Waals surface area contributed by atoms with Crippen molar-refractivity contribution in [1.82, 2.24) is 19.7 Å². The van der Waals surface area contributed by atoms with Crippen molar-refractivity contribution in [1.29, 1.82) is 0 Å². The Morgan fingerprint density at radius 1 is 1.06 bits per heavy atom. The van der Waals surface area contributed by atoms with Crippen molar-refractivity contribution in [3.05, 3.63) is 66.2 Å². The summed E-state index contributed by atoms with van der Waals surface area (Å²) < 4.78 is 2.01. The van der Waals surface area contributed by atoms with Crippen LogP contribution in [0.25, 0.3) is 33.4 Å². The number of benzene rings is 2. The zero-order valence-corrected chi connectivity index (χ0v) is 18.5. The minimum absolute atomic E-state index is 0.271. The molecule has 1 fully saturated rings. The Balaban J connectivity index is 1.46. The van der Waals surface area contributed by atoms with Crippen LogP contribution in [0.2, 0.25) is 0 Å². The van der Waals surface area contributed by atoms with E-state index in [0.29, 0.717) is 17.2 Å². The normalized spacial score (nSPS) is 18.5. The van der Waals surface area contributed by atoms with E-state index in [4.69, 9.17) is 15.8 Å². The number of carbonyl (C=O) groups is 1. The molecule has 2 aliphatic rings. The molecule has 4 heterocycles. The summed E-state index contributed by atoms with van der Waals surface area (Å²) in [4.78, 5) is 19.7. The lowest BCUT2D eigenvalue weighted by molar-refractivity contribution is 0.0777. The third kappa shape index (κ3) is 3.36. The van der Waals surface area contributed by atoms with Crippen molar-refractivity contribution in [2.75, 3.05) is 32.0 Å². The molecule has 4 aromatic rings. The lowest BCUT2D eigenvalue weighted by Crippen LogP contribution is -2.49. The second kappa shape index (κ2) is 7.71. The zero-order valence-electron chi connectivity index (χ0n) is 18.5. The van der Waals surface area contributed by atoms with Crippen molar-refractivity contribution in [2.24, 2.45) is 11.7 Å². The van der Waals surface area contributed by atoms with Crippen LogP contribution in [-0.2, 0) is 0 Å². The Kier molecular flexibility index (Phi) is 4.66. The van der Waals surface area contributed by atoms with E-state index in [-0.39, 0.29) is 6.04 Å². The molecule has 1 saturated heterocycles. The number of anilines is 1. The fraction of sp³-hybridized carbons (Fsp3) is 0.269. The van der Waals surface area contributed by atoms with Gasteiger partial charge < -0.3 is 16.0 Å². The number of nitrogens with one attached hydrogen (secondary N) is 1. The molecular weight excluding hydrogens is 412 g/mol. The third-order valence-corrected chi connectivity index (χ3v) is 6.88. The monoisotopic (exact) mass is 438 g/mol. The summed E-state index contributed by atoms with van der Waals surface area (Å²) in [6, 6.07) is 20.5. The number of hydrogen-bond donors (Lipinski definition) is 2. The van der Waals surface area contributed by atoms with Crippen LogP contribution in [0.3, 0.4) is 0 Å². The lowest BCUT2D eigenvalue weighted by atomic mass is 9.89. The SMILES string of the molecule is CN1CC(C2CCNc3c(C(N)=O)c(-c4ccc5ccc(-c6ccccc6)nc5c4)nn32)C1. The quantitative estimate of drug-likeness (QED) is 0.506. The highest BCUT2D eigenvalue weighted by Gasteiger charge is 2.38. The van der Waals surface area contributed by atoms with Gasteiger partial charge in [0.2, 0.25) is 0 Å². The molecule has 2 aromatic carbocycles. The molecule has 1 amide bonds. The maximum atomic E-state index is 12.5. The number of nitrogens with zero attached hydrogens (tertiary/aromatic N) is 4. The van der Waals surface area contributed by atoms with E-state index in [0.717, 1.165) is 59.6 Å². The van der Waals surface area contributed by atoms with Crippen molar-refractivity contribution in [3.63, 3.8) is 0 Å². The Hall–Kier alpha value is -3.71. The summed E-state index contributed by atoms with van der Waals surface area (Å²) in [6.07, 6.45) is 0.991. The average Bonchev–Trinajstić information content (AvgIpc) is 3.22. The van der Waals surface area contributed by atoms with Crippen molar-refractivity contribution >= 4 is 22.6 Å². The molecule has 166 valence electrons. The summed E-state index contributed by atoms with van der Waals surface area (Å²) in [7, 11) is 2.13. The predicted octanol–water partition coefficient (Wildman–Crippen LogP) is 3.78. The molecule has 6 rings (SSSR count). The molecule has 7 nitrogen and oxygen atoms in total. The van der Waals surface area contributed by atoms with Gasteiger partial charge in [0.25, 0.3) is 5.91 Å². The first kappa shape index (κ1) is 19.9. The second-order valence-corrected chi connectivity index (χ2v) is 9.12. The summed E-state index contributed by atoms with van der Waals surface area (Å²) in [6.45, 7) is 2.91. The zero-order chi connectivity index (χ0) is 22.5. The topological polar surface area (TPSA) is 89.1 Å². The minimum Gasteiger partial charge on any atom is -0.370 e. The van der Waals surface area contributed by atoms with Crippen molar-refractivity contribution < 1.29 is 4.79 Å². The molecule has 7 heteroatoms. The minimum atomic E-state index is -0.462. The van der Waals surface area contributed by atoms with Gasteiger partial charge in [0.15, 0.2) is 0 Å². The largest absolute Gasteiger partial charge is 0.370 e. The maximum absolute atomic E-state index is 12.5. The van der Waals surface area contributed by atoms with E-state index < -0.39 is 5.91 Å². The van der Waals surface area contributed by atoms with Crippen molar-refractivity contribution in [3.8, 4) is 22.5 Å². The summed E-state index contributed by atoms with van der Waals surface area (Å²) in [5.74, 6) is 0.821. The number of amides is 1. The Morgan fingerprint density at radius 2 is 1.85 bits per heavy atom. The first-order valence-electron chi connectivity index (χ1n) is 11.4. The van der Waals surface area contributed by atoms with E-state index in [1.54, 1.807) is 0 Å². The maximum Gasteiger partial charge on any atom is 0.254 e. The van der Waals surface area contributed by atoms with Crippen LogP contribution in [0.5, 0.6) is 0 Å². The predicted molar refractivity (Wildman–Crippen MR) is 130 cm³/mol. The number of hydrogen-bond acceptors (Lipinski definition) is 5. The molecule has 0 bridgehead atoms. The van der Waals surface area contributed by atoms with Gasteiger partial charge in [0.05, 0.1) is 17.3 Å². The number of rotatable bonds is 4. The number of likely N-dealkylation sites (tertiary alicyclic amines) is 1. The molecule has 3 N–H and O–H groups in total. The van der Waals surface area contributed by atoms with Gasteiger partial charge in [-0.15, -0.1) is 0 Å². The number of fused-ring (bicyclic) bond motifs is 2. The van der Waals surface area contributed by atoms with Gasteiger partial charge in [-0.3, -0.25) is 4.79 Å². The molecule has 33 heavy (non-hydrogen) atoms. The van der Waals surface area contributed by atoms with E-state index in [2.05, 4.69) is 35.5 Å². The molecule has 1 unspecified atom stereocenters. The number of pyridine rings is 1. The number of nitrogens with two attached hydrogens (primary N) is 1. The first-order chi connectivity index (χ1) is 16.1. The summed E-state index contributed by atoms with van der Waals surface area (Å²) in [5.41, 5.74) is 10.6. The summed E-state index contributed by atoms with van der Waals surface area (Å²) >= 11 is 0. The number of aromatic nitrogens is 3. The van der Waals surface area contributed by atoms with Crippen LogP contribution >= 0.6 is 0 Å². The van der Waals surface area contributed by atoms with Crippen molar-refractivity contribution in [2.45, 2.75) is 12.5 Å². The highest BCUT2D eigenvalue weighted by Crippen LogP contribution is 2.39. The average molecular weight is 439 g/mol. The van der Waals surface area contributed by atoms with Crippen LogP contribution in [0.4, 0.5) is 5.82 Å². The summed E-state index contributed by atoms with van der Waals surface area (Å²) in [5, 5.41) is 9.37. The fourth-order valence-electron chi connectivity index (χ4n) is 5.20. The van der Waals surface area contributed by atoms with Gasteiger partial charge in [0, 0.05) is 42.1 Å². The fourth-order valence-corrected chi connectivity index (χ4v) is 5.20. The van der Waals surface area contributed by atoms with Crippen LogP contribution in [0.1, 0.15) is 22.8 Å². The first-order valence-corrected chi connectivity index (χ1v) is 11.4. The molecule has 2 aliphatic heterocycles. The van der Waals surface area contributed by atoms with Gasteiger partial charge in [-0.05, 0) is 25.6 Å². The third-order valence-electron chi connectivity index (χ3n) is 6.88. The standard InChI is InChI=1S/C26H26N6O/c1-31-14-19(15-31)22-11-12-28-26-23(25(27)33)24(30-32(22)26)18-8-7-17-9-10-20(29-21(17)13-18)16-5-3-2-4-6-16/h2-10,13,19,22,28H,11-12,14-15H2,1H3,(H2,27,33). The van der Waals surface area contributed by atoms with Gasteiger partial charge in [-0.1, -0.05) is 48.5 Å². The highest BCUT2D eigenvalue weighted by molar-refractivity contribution is 6.04. The van der Waals surface area contributed by atoms with E-state index in [1.807, 2.05) is 47.1 Å². The molecule has 0 aliphatic carbocycles. The smallest absolute Gasteiger partial charge is 0.254 e. The van der Waals surface area contributed by atoms with E-state index >= 15 is 0 Å². The molecule has 2 aromatic heterocycles. The molecule has 0 saturated carbocycles. The lowest BCUT2D eigenvalue weighted by Gasteiger charge is -2.43. The highest BCUT2D eigenvalue weighted by atomic mass is 16.1. The molecule has 0 radical (unpaired) electrons. The molecular formula is C26H26N6O. The van der Waals surface area contributed by atoms with Crippen LogP contribution in [0, 0.1) is 5.92 Å². The number of carbonyl (C=O) groups excluding carboxylic acids is 1. The van der Waals surface area contributed by atoms with Gasteiger partial charge >= 0.3 is 0 Å². The van der Waals surface area contributed by atoms with E-state index in [9.17, 15) is 4.79 Å². The van der Waals surface area contributed by atoms with Crippen LogP contribution in [0.15, 0.2) is 60.7 Å². The molecule has 0 spiro atoms. The van der Waals surface area contributed by atoms with Gasteiger partial charge in [-0.25, -0.2) is 9.67 Å². The Morgan fingerprint density at radius 3 is 2.61 bits per heavy atom.